The van der Waals surface area contributed by atoms with Crippen LogP contribution >= 0.6 is 39.1 Å². The summed E-state index contributed by atoms with van der Waals surface area (Å²) in [6.45, 7) is 0. The van der Waals surface area contributed by atoms with Gasteiger partial charge in [-0.1, -0.05) is 23.2 Å². The fourth-order valence-corrected chi connectivity index (χ4v) is 2.35. The molecule has 0 radical (unpaired) electrons. The summed E-state index contributed by atoms with van der Waals surface area (Å²) in [6.07, 6.45) is 2.36. The number of hydrogen-bond donors (Lipinski definition) is 1. The molecule has 0 bridgehead atoms. The number of furan rings is 1. The molecule has 98 valence electrons. The molecule has 0 amide bonds. The van der Waals surface area contributed by atoms with Gasteiger partial charge in [0.05, 0.1) is 10.0 Å². The summed E-state index contributed by atoms with van der Waals surface area (Å²) in [5.74, 6) is -0.0976. The lowest BCUT2D eigenvalue weighted by Crippen LogP contribution is -1.84. The molecule has 1 N–H and O–H groups in total. The third-order valence-corrected chi connectivity index (χ3v) is 3.80. The van der Waals surface area contributed by atoms with Crippen LogP contribution in [0.1, 0.15) is 5.76 Å². The quantitative estimate of drug-likeness (QED) is 0.610. The standard InChI is InChI=1S/C13H7BrCl2O3/c14-9-6-10(15)8(5-11(9)16)12-3-1-7(19-12)2-4-13(17)18/h1-6H,(H,17,18)/b4-2+. The first kappa shape index (κ1) is 14.2. The highest BCUT2D eigenvalue weighted by atomic mass is 79.9. The zero-order chi connectivity index (χ0) is 14.0. The Kier molecular flexibility index (Phi) is 4.34. The number of benzene rings is 1. The van der Waals surface area contributed by atoms with E-state index >= 15 is 0 Å². The van der Waals surface area contributed by atoms with Crippen LogP contribution in [0.25, 0.3) is 17.4 Å². The molecule has 0 saturated heterocycles. The van der Waals surface area contributed by atoms with Crippen molar-refractivity contribution in [2.75, 3.05) is 0 Å². The predicted octanol–water partition coefficient (Wildman–Crippen LogP) is 5.11. The van der Waals surface area contributed by atoms with Crippen molar-refractivity contribution in [1.82, 2.24) is 0 Å². The second-order valence-electron chi connectivity index (χ2n) is 3.62. The van der Waals surface area contributed by atoms with E-state index in [1.807, 2.05) is 0 Å². The number of carboxylic acid groups (broad SMARTS) is 1. The Morgan fingerprint density at radius 2 is 2.00 bits per heavy atom. The molecule has 2 rings (SSSR count). The van der Waals surface area contributed by atoms with Crippen LogP contribution in [0.5, 0.6) is 0 Å². The number of rotatable bonds is 3. The van der Waals surface area contributed by atoms with E-state index in [4.69, 9.17) is 32.7 Å². The average Bonchev–Trinajstić information content (AvgIpc) is 2.80. The van der Waals surface area contributed by atoms with Gasteiger partial charge in [-0.2, -0.15) is 0 Å². The van der Waals surface area contributed by atoms with Crippen LogP contribution in [0.2, 0.25) is 10.0 Å². The molecule has 0 saturated carbocycles. The van der Waals surface area contributed by atoms with E-state index in [1.165, 1.54) is 6.08 Å². The molecule has 1 heterocycles. The first-order valence-electron chi connectivity index (χ1n) is 5.13. The molecule has 0 unspecified atom stereocenters. The number of carboxylic acids is 1. The van der Waals surface area contributed by atoms with Crippen LogP contribution < -0.4 is 0 Å². The zero-order valence-corrected chi connectivity index (χ0v) is 12.5. The van der Waals surface area contributed by atoms with Crippen LogP contribution in [-0.4, -0.2) is 11.1 Å². The molecule has 0 aliphatic heterocycles. The lowest BCUT2D eigenvalue weighted by Gasteiger charge is -2.03. The van der Waals surface area contributed by atoms with Gasteiger partial charge in [0, 0.05) is 16.1 Å². The molecular weight excluding hydrogens is 355 g/mol. The summed E-state index contributed by atoms with van der Waals surface area (Å²) in [4.78, 5) is 10.4. The summed E-state index contributed by atoms with van der Waals surface area (Å²) in [7, 11) is 0. The minimum absolute atomic E-state index is 0.424. The van der Waals surface area contributed by atoms with Crippen LogP contribution in [-0.2, 0) is 4.79 Å². The number of carbonyl (C=O) groups is 1. The third-order valence-electron chi connectivity index (χ3n) is 2.29. The van der Waals surface area contributed by atoms with Crippen molar-refractivity contribution in [2.24, 2.45) is 0 Å². The molecule has 0 fully saturated rings. The number of aliphatic carboxylic acids is 1. The van der Waals surface area contributed by atoms with E-state index < -0.39 is 5.97 Å². The predicted molar refractivity (Wildman–Crippen MR) is 78.5 cm³/mol. The Morgan fingerprint density at radius 3 is 2.68 bits per heavy atom. The zero-order valence-electron chi connectivity index (χ0n) is 9.36. The van der Waals surface area contributed by atoms with Crippen molar-refractivity contribution in [2.45, 2.75) is 0 Å². The normalized spacial score (nSPS) is 11.1. The number of hydrogen-bond acceptors (Lipinski definition) is 2. The van der Waals surface area contributed by atoms with E-state index in [-0.39, 0.29) is 0 Å². The van der Waals surface area contributed by atoms with Gasteiger partial charge in [0.1, 0.15) is 11.5 Å². The molecular formula is C13H7BrCl2O3. The molecule has 3 nitrogen and oxygen atoms in total. The molecule has 1 aromatic heterocycles. The van der Waals surface area contributed by atoms with Gasteiger partial charge in [-0.3, -0.25) is 0 Å². The maximum Gasteiger partial charge on any atom is 0.328 e. The molecule has 19 heavy (non-hydrogen) atoms. The SMILES string of the molecule is O=C(O)/C=C/c1ccc(-c2cc(Cl)c(Br)cc2Cl)o1. The highest BCUT2D eigenvalue weighted by Crippen LogP contribution is 2.36. The van der Waals surface area contributed by atoms with E-state index in [1.54, 1.807) is 24.3 Å². The highest BCUT2D eigenvalue weighted by molar-refractivity contribution is 9.10. The van der Waals surface area contributed by atoms with Crippen molar-refractivity contribution in [1.29, 1.82) is 0 Å². The maximum absolute atomic E-state index is 10.4. The monoisotopic (exact) mass is 360 g/mol. The van der Waals surface area contributed by atoms with Crippen LogP contribution in [0.4, 0.5) is 0 Å². The molecule has 2 aromatic rings. The van der Waals surface area contributed by atoms with Crippen LogP contribution in [0.15, 0.2) is 39.2 Å². The van der Waals surface area contributed by atoms with Crippen molar-refractivity contribution in [3.8, 4) is 11.3 Å². The fourth-order valence-electron chi connectivity index (χ4n) is 1.45. The Bertz CT molecular complexity index is 662. The van der Waals surface area contributed by atoms with Gasteiger partial charge < -0.3 is 9.52 Å². The molecule has 1 aromatic carbocycles. The first-order valence-corrected chi connectivity index (χ1v) is 6.68. The van der Waals surface area contributed by atoms with E-state index in [0.29, 0.717) is 31.6 Å². The smallest absolute Gasteiger partial charge is 0.328 e. The van der Waals surface area contributed by atoms with Crippen LogP contribution in [0, 0.1) is 0 Å². The van der Waals surface area contributed by atoms with E-state index in [0.717, 1.165) is 6.08 Å². The minimum Gasteiger partial charge on any atom is -0.478 e. The average molecular weight is 362 g/mol. The summed E-state index contributed by atoms with van der Waals surface area (Å²) < 4.78 is 6.18. The molecule has 0 atom stereocenters. The van der Waals surface area contributed by atoms with Crippen molar-refractivity contribution in [3.05, 3.63) is 50.6 Å². The summed E-state index contributed by atoms with van der Waals surface area (Å²) in [5.41, 5.74) is 0.643. The Labute approximate surface area is 127 Å². The van der Waals surface area contributed by atoms with Crippen molar-refractivity contribution >= 4 is 51.2 Å². The summed E-state index contributed by atoms with van der Waals surface area (Å²) in [5, 5.41) is 9.54. The Hall–Kier alpha value is -1.23. The maximum atomic E-state index is 10.4. The summed E-state index contributed by atoms with van der Waals surface area (Å²) in [6, 6.07) is 6.71. The third kappa shape index (κ3) is 3.41. The lowest BCUT2D eigenvalue weighted by molar-refractivity contribution is -0.131. The summed E-state index contributed by atoms with van der Waals surface area (Å²) >= 11 is 15.4. The van der Waals surface area contributed by atoms with Gasteiger partial charge in [0.2, 0.25) is 0 Å². The van der Waals surface area contributed by atoms with Gasteiger partial charge in [-0.15, -0.1) is 0 Å². The highest BCUT2D eigenvalue weighted by Gasteiger charge is 2.11. The van der Waals surface area contributed by atoms with Crippen LogP contribution in [0.3, 0.4) is 0 Å². The van der Waals surface area contributed by atoms with Gasteiger partial charge in [0.15, 0.2) is 0 Å². The first-order chi connectivity index (χ1) is 8.97. The lowest BCUT2D eigenvalue weighted by atomic mass is 10.2. The van der Waals surface area contributed by atoms with Gasteiger partial charge >= 0.3 is 5.97 Å². The number of halogens is 3. The molecule has 0 aliphatic carbocycles. The van der Waals surface area contributed by atoms with Gasteiger partial charge in [0.25, 0.3) is 0 Å². The van der Waals surface area contributed by atoms with Gasteiger partial charge in [-0.25, -0.2) is 4.79 Å². The Balaban J connectivity index is 2.38. The minimum atomic E-state index is -1.04. The van der Waals surface area contributed by atoms with Gasteiger partial charge in [-0.05, 0) is 46.3 Å². The largest absolute Gasteiger partial charge is 0.478 e. The second-order valence-corrected chi connectivity index (χ2v) is 5.29. The van der Waals surface area contributed by atoms with E-state index in [2.05, 4.69) is 15.9 Å². The topological polar surface area (TPSA) is 50.4 Å². The van der Waals surface area contributed by atoms with Crippen molar-refractivity contribution in [3.63, 3.8) is 0 Å². The molecule has 0 spiro atoms. The molecule has 6 heteroatoms. The fraction of sp³-hybridized carbons (Fsp3) is 0. The van der Waals surface area contributed by atoms with E-state index in [9.17, 15) is 4.79 Å². The molecule has 0 aliphatic rings. The second kappa shape index (κ2) is 5.82. The Morgan fingerprint density at radius 1 is 1.26 bits per heavy atom. The van der Waals surface area contributed by atoms with Crippen molar-refractivity contribution < 1.29 is 14.3 Å².